The number of aromatic nitrogens is 1. The van der Waals surface area contributed by atoms with E-state index in [-0.39, 0.29) is 4.21 Å². The van der Waals surface area contributed by atoms with Gasteiger partial charge in [-0.25, -0.2) is 13.2 Å². The number of thiophene rings is 1. The van der Waals surface area contributed by atoms with Crippen molar-refractivity contribution >= 4 is 27.3 Å². The molecule has 6 nitrogen and oxygen atoms in total. The fourth-order valence-electron chi connectivity index (χ4n) is 2.72. The molecule has 8 heteroatoms. The molecular weight excluding hydrogens is 396 g/mol. The molecule has 146 valence electrons. The number of ether oxygens (including phenoxy) is 1. The molecule has 0 unspecified atom stereocenters. The van der Waals surface area contributed by atoms with Gasteiger partial charge >= 0.3 is 5.97 Å². The number of nitrogens with zero attached hydrogens (tertiary/aromatic N) is 2. The molecule has 3 rings (SSSR count). The molecule has 0 spiro atoms. The lowest BCUT2D eigenvalue weighted by atomic mass is 10.0. The Bertz CT molecular complexity index is 1010. The van der Waals surface area contributed by atoms with Gasteiger partial charge in [-0.1, -0.05) is 36.4 Å². The van der Waals surface area contributed by atoms with E-state index in [0.29, 0.717) is 11.1 Å². The molecule has 28 heavy (non-hydrogen) atoms. The average molecular weight is 417 g/mol. The van der Waals surface area contributed by atoms with Crippen LogP contribution >= 0.6 is 11.3 Å². The van der Waals surface area contributed by atoms with Crippen LogP contribution in [0.4, 0.5) is 0 Å². The van der Waals surface area contributed by atoms with E-state index in [1.807, 2.05) is 30.3 Å². The zero-order chi connectivity index (χ0) is 20.1. The SMILES string of the molecule is C[C@H]([C@H](OC(=O)c1ccncc1)c1ccccc1)N(C)S(=O)(=O)c1cccs1. The third kappa shape index (κ3) is 4.30. The Hall–Kier alpha value is -2.55. The van der Waals surface area contributed by atoms with Crippen LogP contribution in [0.25, 0.3) is 0 Å². The van der Waals surface area contributed by atoms with Gasteiger partial charge in [-0.2, -0.15) is 4.31 Å². The fourth-order valence-corrected chi connectivity index (χ4v) is 5.26. The van der Waals surface area contributed by atoms with Crippen molar-refractivity contribution in [3.8, 4) is 0 Å². The van der Waals surface area contributed by atoms with Gasteiger partial charge < -0.3 is 4.74 Å². The van der Waals surface area contributed by atoms with Crippen molar-refractivity contribution in [3.05, 3.63) is 83.5 Å². The van der Waals surface area contributed by atoms with E-state index < -0.39 is 28.1 Å². The molecule has 0 saturated heterocycles. The molecule has 2 aromatic heterocycles. The summed E-state index contributed by atoms with van der Waals surface area (Å²) < 4.78 is 33.1. The molecule has 3 aromatic rings. The Morgan fingerprint density at radius 3 is 2.36 bits per heavy atom. The van der Waals surface area contributed by atoms with Gasteiger partial charge in [-0.15, -0.1) is 11.3 Å². The lowest BCUT2D eigenvalue weighted by Gasteiger charge is -2.31. The number of hydrogen-bond acceptors (Lipinski definition) is 6. The molecule has 0 amide bonds. The molecule has 0 N–H and O–H groups in total. The molecule has 0 aliphatic carbocycles. The Labute approximate surface area is 168 Å². The zero-order valence-corrected chi connectivity index (χ0v) is 17.1. The lowest BCUT2D eigenvalue weighted by molar-refractivity contribution is 0.0146. The molecule has 0 fully saturated rings. The summed E-state index contributed by atoms with van der Waals surface area (Å²) in [5.41, 5.74) is 1.07. The smallest absolute Gasteiger partial charge is 0.338 e. The molecule has 0 saturated carbocycles. The van der Waals surface area contributed by atoms with Crippen LogP contribution in [0.2, 0.25) is 0 Å². The monoisotopic (exact) mass is 416 g/mol. The predicted octanol–water partition coefficient (Wildman–Crippen LogP) is 3.75. The van der Waals surface area contributed by atoms with Crippen molar-refractivity contribution in [1.82, 2.24) is 9.29 Å². The van der Waals surface area contributed by atoms with Gasteiger partial charge in [0.25, 0.3) is 10.0 Å². The number of rotatable bonds is 7. The molecule has 0 aliphatic rings. The van der Waals surface area contributed by atoms with Crippen LogP contribution in [0.5, 0.6) is 0 Å². The Balaban J connectivity index is 1.91. The first kappa shape index (κ1) is 20.2. The summed E-state index contributed by atoms with van der Waals surface area (Å²) in [5.74, 6) is -0.537. The van der Waals surface area contributed by atoms with Crippen LogP contribution in [0, 0.1) is 0 Å². The van der Waals surface area contributed by atoms with Crippen molar-refractivity contribution < 1.29 is 17.9 Å². The predicted molar refractivity (Wildman–Crippen MR) is 108 cm³/mol. The van der Waals surface area contributed by atoms with E-state index in [1.165, 1.54) is 23.7 Å². The molecule has 2 atom stereocenters. The van der Waals surface area contributed by atoms with E-state index in [2.05, 4.69) is 4.98 Å². The van der Waals surface area contributed by atoms with Gasteiger partial charge in [0.15, 0.2) is 0 Å². The molecule has 1 aromatic carbocycles. The van der Waals surface area contributed by atoms with Crippen molar-refractivity contribution in [1.29, 1.82) is 0 Å². The summed E-state index contributed by atoms with van der Waals surface area (Å²) in [6.07, 6.45) is 2.23. The highest BCUT2D eigenvalue weighted by molar-refractivity contribution is 7.91. The first-order valence-corrected chi connectivity index (χ1v) is 10.9. The van der Waals surface area contributed by atoms with Crippen LogP contribution in [-0.4, -0.2) is 36.8 Å². The van der Waals surface area contributed by atoms with Crippen molar-refractivity contribution in [3.63, 3.8) is 0 Å². The van der Waals surface area contributed by atoms with Gasteiger partial charge in [-0.3, -0.25) is 4.98 Å². The van der Waals surface area contributed by atoms with Crippen LogP contribution in [-0.2, 0) is 14.8 Å². The maximum absolute atomic E-state index is 12.9. The lowest BCUT2D eigenvalue weighted by Crippen LogP contribution is -2.40. The minimum absolute atomic E-state index is 0.245. The maximum Gasteiger partial charge on any atom is 0.338 e. The van der Waals surface area contributed by atoms with Crippen LogP contribution in [0.1, 0.15) is 28.9 Å². The number of likely N-dealkylation sites (N-methyl/N-ethyl adjacent to an activating group) is 1. The number of pyridine rings is 1. The van der Waals surface area contributed by atoms with Gasteiger partial charge in [-0.05, 0) is 36.1 Å². The molecular formula is C20H20N2O4S2. The second-order valence-electron chi connectivity index (χ2n) is 6.17. The summed E-state index contributed by atoms with van der Waals surface area (Å²) in [6, 6.07) is 14.9. The molecule has 2 heterocycles. The number of benzene rings is 1. The Kier molecular flexibility index (Phi) is 6.23. The standard InChI is InChI=1S/C20H20N2O4S2/c1-15(22(2)28(24,25)18-9-6-14-27-18)19(16-7-4-3-5-8-16)26-20(23)17-10-12-21-13-11-17/h3-15,19H,1-2H3/t15-,19+/m1/s1. The Morgan fingerprint density at radius 1 is 1.07 bits per heavy atom. The number of sulfonamides is 1. The van der Waals surface area contributed by atoms with Gasteiger partial charge in [0.2, 0.25) is 0 Å². The second kappa shape index (κ2) is 8.64. The molecule has 0 radical (unpaired) electrons. The fraction of sp³-hybridized carbons (Fsp3) is 0.200. The summed E-state index contributed by atoms with van der Waals surface area (Å²) in [4.78, 5) is 16.5. The topological polar surface area (TPSA) is 76.6 Å². The first-order valence-electron chi connectivity index (χ1n) is 8.59. The second-order valence-corrected chi connectivity index (χ2v) is 9.34. The largest absolute Gasteiger partial charge is 0.452 e. The van der Waals surface area contributed by atoms with Crippen LogP contribution in [0.15, 0.2) is 76.6 Å². The highest BCUT2D eigenvalue weighted by Crippen LogP contribution is 2.30. The van der Waals surface area contributed by atoms with Crippen LogP contribution < -0.4 is 0 Å². The number of carbonyl (C=O) groups excluding carboxylic acids is 1. The Morgan fingerprint density at radius 2 is 1.75 bits per heavy atom. The van der Waals surface area contributed by atoms with E-state index in [0.717, 1.165) is 11.3 Å². The summed E-state index contributed by atoms with van der Waals surface area (Å²) >= 11 is 1.15. The van der Waals surface area contributed by atoms with Crippen molar-refractivity contribution in [2.75, 3.05) is 7.05 Å². The van der Waals surface area contributed by atoms with Gasteiger partial charge in [0.05, 0.1) is 11.6 Å². The summed E-state index contributed by atoms with van der Waals surface area (Å²) in [5, 5.41) is 1.71. The number of carbonyl (C=O) groups is 1. The molecule has 0 bridgehead atoms. The zero-order valence-electron chi connectivity index (χ0n) is 15.4. The number of esters is 1. The quantitative estimate of drug-likeness (QED) is 0.548. The normalized spacial score (nSPS) is 13.8. The van der Waals surface area contributed by atoms with Crippen molar-refractivity contribution in [2.24, 2.45) is 0 Å². The van der Waals surface area contributed by atoms with Crippen molar-refractivity contribution in [2.45, 2.75) is 23.3 Å². The van der Waals surface area contributed by atoms with Crippen LogP contribution in [0.3, 0.4) is 0 Å². The van der Waals surface area contributed by atoms with E-state index >= 15 is 0 Å². The third-order valence-electron chi connectivity index (χ3n) is 4.42. The minimum Gasteiger partial charge on any atom is -0.452 e. The number of hydrogen-bond donors (Lipinski definition) is 0. The highest BCUT2D eigenvalue weighted by atomic mass is 32.2. The first-order chi connectivity index (χ1) is 13.4. The minimum atomic E-state index is -3.70. The van der Waals surface area contributed by atoms with E-state index in [9.17, 15) is 13.2 Å². The summed E-state index contributed by atoms with van der Waals surface area (Å²) in [7, 11) is -2.20. The highest BCUT2D eigenvalue weighted by Gasteiger charge is 2.34. The van der Waals surface area contributed by atoms with Gasteiger partial charge in [0.1, 0.15) is 10.3 Å². The average Bonchev–Trinajstić information content (AvgIpc) is 3.28. The maximum atomic E-state index is 12.9. The van der Waals surface area contributed by atoms with Gasteiger partial charge in [0, 0.05) is 19.4 Å². The molecule has 0 aliphatic heterocycles. The summed E-state index contributed by atoms with van der Waals surface area (Å²) in [6.45, 7) is 1.72. The van der Waals surface area contributed by atoms with E-state index in [4.69, 9.17) is 4.74 Å². The van der Waals surface area contributed by atoms with E-state index in [1.54, 1.807) is 36.6 Å². The third-order valence-corrected chi connectivity index (χ3v) is 7.74.